The Morgan fingerprint density at radius 2 is 1.82 bits per heavy atom. The fourth-order valence-corrected chi connectivity index (χ4v) is 4.33. The maximum atomic E-state index is 13.0. The number of carbonyl (C=O) groups excluding carboxylic acids is 1. The topological polar surface area (TPSA) is 136 Å². The summed E-state index contributed by atoms with van der Waals surface area (Å²) in [4.78, 5) is 29.8. The quantitative estimate of drug-likeness (QED) is 0.515. The number of aromatic nitrogens is 4. The molecule has 4 rings (SSSR count). The highest BCUT2D eigenvalue weighted by Crippen LogP contribution is 2.30. The molecule has 1 aliphatic carbocycles. The largest absolute Gasteiger partial charge is 0.480 e. The Balaban J connectivity index is 1.48. The van der Waals surface area contributed by atoms with E-state index in [0.717, 1.165) is 5.56 Å². The van der Waals surface area contributed by atoms with E-state index >= 15 is 0 Å². The molecule has 0 saturated heterocycles. The molecule has 11 heteroatoms. The smallest absolute Gasteiger partial charge is 0.237 e. The van der Waals surface area contributed by atoms with E-state index in [4.69, 9.17) is 4.74 Å². The molecule has 1 aliphatic rings. The minimum Gasteiger partial charge on any atom is -0.480 e. The van der Waals surface area contributed by atoms with Crippen LogP contribution in [0.5, 0.6) is 5.88 Å². The van der Waals surface area contributed by atoms with E-state index in [0.29, 0.717) is 35.8 Å². The Morgan fingerprint density at radius 3 is 2.48 bits per heavy atom. The van der Waals surface area contributed by atoms with Gasteiger partial charge in [0.25, 0.3) is 0 Å². The first-order valence-corrected chi connectivity index (χ1v) is 11.9. The first-order chi connectivity index (χ1) is 15.7. The highest BCUT2D eigenvalue weighted by molar-refractivity contribution is 7.93. The number of benzene rings is 1. The van der Waals surface area contributed by atoms with Gasteiger partial charge in [-0.2, -0.15) is 0 Å². The van der Waals surface area contributed by atoms with Crippen LogP contribution < -0.4 is 14.8 Å². The minimum atomic E-state index is -3.50. The van der Waals surface area contributed by atoms with Gasteiger partial charge in [0.2, 0.25) is 27.8 Å². The summed E-state index contributed by atoms with van der Waals surface area (Å²) in [6.45, 7) is 3.42. The van der Waals surface area contributed by atoms with Crippen LogP contribution in [0, 0.1) is 0 Å². The predicted octanol–water partition coefficient (Wildman–Crippen LogP) is 2.76. The molecule has 3 aromatic rings. The van der Waals surface area contributed by atoms with Crippen LogP contribution in [0.25, 0.3) is 11.3 Å². The molecule has 0 unspecified atom stereocenters. The number of sulfonamides is 1. The van der Waals surface area contributed by atoms with Crippen LogP contribution in [0.1, 0.15) is 32.4 Å². The number of anilines is 2. The molecule has 0 spiro atoms. The summed E-state index contributed by atoms with van der Waals surface area (Å²) in [6, 6.07) is 8.77. The molecular formula is C22H24N6O4S. The van der Waals surface area contributed by atoms with Gasteiger partial charge in [-0.25, -0.2) is 23.4 Å². The van der Waals surface area contributed by atoms with Crippen molar-refractivity contribution in [2.24, 2.45) is 0 Å². The molecule has 1 fully saturated rings. The average Bonchev–Trinajstić information content (AvgIpc) is 3.66. The summed E-state index contributed by atoms with van der Waals surface area (Å²) in [5.41, 5.74) is 1.42. The molecule has 0 bridgehead atoms. The number of ether oxygens (including phenoxy) is 1. The van der Waals surface area contributed by atoms with Crippen LogP contribution in [0.15, 0.2) is 48.9 Å². The monoisotopic (exact) mass is 468 g/mol. The number of nitrogens with zero attached hydrogens (tertiary/aromatic N) is 4. The van der Waals surface area contributed by atoms with E-state index in [9.17, 15) is 13.2 Å². The van der Waals surface area contributed by atoms with Gasteiger partial charge < -0.3 is 10.1 Å². The lowest BCUT2D eigenvalue weighted by molar-refractivity contribution is -0.120. The molecule has 172 valence electrons. The van der Waals surface area contributed by atoms with E-state index in [1.165, 1.54) is 19.5 Å². The Morgan fingerprint density at radius 1 is 1.09 bits per heavy atom. The van der Waals surface area contributed by atoms with Crippen molar-refractivity contribution >= 4 is 27.6 Å². The average molecular weight is 469 g/mol. The van der Waals surface area contributed by atoms with Crippen molar-refractivity contribution in [2.45, 2.75) is 37.4 Å². The summed E-state index contributed by atoms with van der Waals surface area (Å²) in [5, 5.41) is 2.48. The Labute approximate surface area is 191 Å². The summed E-state index contributed by atoms with van der Waals surface area (Å²) in [6.07, 6.45) is 5.85. The number of amides is 1. The van der Waals surface area contributed by atoms with Crippen molar-refractivity contribution in [2.75, 3.05) is 17.1 Å². The van der Waals surface area contributed by atoms with Crippen molar-refractivity contribution in [3.8, 4) is 17.1 Å². The van der Waals surface area contributed by atoms with Gasteiger partial charge in [0.15, 0.2) is 0 Å². The maximum Gasteiger partial charge on any atom is 0.237 e. The van der Waals surface area contributed by atoms with Crippen LogP contribution in [0.2, 0.25) is 0 Å². The lowest BCUT2D eigenvalue weighted by atomic mass is 9.88. The van der Waals surface area contributed by atoms with Crippen molar-refractivity contribution in [1.29, 1.82) is 0 Å². The highest BCUT2D eigenvalue weighted by atomic mass is 32.2. The molecule has 0 aliphatic heterocycles. The number of methoxy groups -OCH3 is 1. The summed E-state index contributed by atoms with van der Waals surface area (Å²) in [5.74, 6) is 0.0745. The fourth-order valence-electron chi connectivity index (χ4n) is 3.06. The zero-order valence-corrected chi connectivity index (χ0v) is 19.3. The number of hydrogen-bond donors (Lipinski definition) is 2. The molecule has 33 heavy (non-hydrogen) atoms. The SMILES string of the molecule is COc1cncc(-c2ccc(NC(=O)C(C)(C)c3ccnc(NS(=O)(=O)C4CC4)n3)cc2)n1. The lowest BCUT2D eigenvalue weighted by Gasteiger charge is -2.23. The number of hydrogen-bond acceptors (Lipinski definition) is 8. The molecule has 10 nitrogen and oxygen atoms in total. The normalized spacial score (nSPS) is 13.9. The number of rotatable bonds is 8. The van der Waals surface area contributed by atoms with Gasteiger partial charge >= 0.3 is 0 Å². The first kappa shape index (κ1) is 22.6. The number of nitrogens with one attached hydrogen (secondary N) is 2. The number of carbonyl (C=O) groups is 1. The zero-order chi connectivity index (χ0) is 23.6. The summed E-state index contributed by atoms with van der Waals surface area (Å²) < 4.78 is 31.9. The maximum absolute atomic E-state index is 13.0. The van der Waals surface area contributed by atoms with Crippen LogP contribution in [-0.4, -0.2) is 46.6 Å². The van der Waals surface area contributed by atoms with E-state index < -0.39 is 20.7 Å². The highest BCUT2D eigenvalue weighted by Gasteiger charge is 2.37. The second-order valence-electron chi connectivity index (χ2n) is 8.22. The summed E-state index contributed by atoms with van der Waals surface area (Å²) >= 11 is 0. The molecule has 1 aromatic carbocycles. The molecule has 2 N–H and O–H groups in total. The third-order valence-corrected chi connectivity index (χ3v) is 7.14. The Bertz CT molecular complexity index is 1270. The molecule has 1 saturated carbocycles. The van der Waals surface area contributed by atoms with Crippen molar-refractivity contribution < 1.29 is 17.9 Å². The molecule has 0 atom stereocenters. The van der Waals surface area contributed by atoms with Crippen molar-refractivity contribution in [3.63, 3.8) is 0 Å². The van der Waals surface area contributed by atoms with E-state index in [1.54, 1.807) is 38.2 Å². The summed E-state index contributed by atoms with van der Waals surface area (Å²) in [7, 11) is -1.97. The van der Waals surface area contributed by atoms with Crippen LogP contribution in [0.3, 0.4) is 0 Å². The van der Waals surface area contributed by atoms with Gasteiger partial charge in [-0.05, 0) is 44.9 Å². The van der Waals surface area contributed by atoms with Crippen LogP contribution in [0.4, 0.5) is 11.6 Å². The standard InChI is InChI=1S/C22H24N6O4S/c1-22(2,18-10-11-24-21(27-18)28-33(30,31)16-8-9-16)20(29)25-15-6-4-14(5-7-15)17-12-23-13-19(26-17)32-3/h4-7,10-13,16H,8-9H2,1-3H3,(H,25,29)(H,24,27,28). The van der Waals surface area contributed by atoms with Gasteiger partial charge in [-0.15, -0.1) is 0 Å². The molecule has 1 amide bonds. The van der Waals surface area contributed by atoms with E-state index in [1.807, 2.05) is 12.1 Å². The van der Waals surface area contributed by atoms with Gasteiger partial charge in [0.1, 0.15) is 0 Å². The second-order valence-corrected chi connectivity index (χ2v) is 10.2. The first-order valence-electron chi connectivity index (χ1n) is 10.3. The van der Waals surface area contributed by atoms with Gasteiger partial charge in [-0.1, -0.05) is 12.1 Å². The lowest BCUT2D eigenvalue weighted by Crippen LogP contribution is -2.36. The van der Waals surface area contributed by atoms with Crippen molar-refractivity contribution in [3.05, 3.63) is 54.6 Å². The molecular weight excluding hydrogens is 444 g/mol. The molecule has 2 heterocycles. The fraction of sp³-hybridized carbons (Fsp3) is 0.318. The third kappa shape index (κ3) is 5.08. The molecule has 2 aromatic heterocycles. The minimum absolute atomic E-state index is 0.0379. The van der Waals surface area contributed by atoms with Gasteiger partial charge in [-0.3, -0.25) is 14.5 Å². The predicted molar refractivity (Wildman–Crippen MR) is 123 cm³/mol. The molecule has 0 radical (unpaired) electrons. The Kier molecular flexibility index (Phi) is 5.98. The zero-order valence-electron chi connectivity index (χ0n) is 18.4. The van der Waals surface area contributed by atoms with E-state index in [-0.39, 0.29) is 11.9 Å². The van der Waals surface area contributed by atoms with Gasteiger partial charge in [0, 0.05) is 17.4 Å². The third-order valence-electron chi connectivity index (χ3n) is 5.32. The van der Waals surface area contributed by atoms with Crippen LogP contribution in [-0.2, 0) is 20.2 Å². The van der Waals surface area contributed by atoms with Gasteiger partial charge in [0.05, 0.1) is 41.6 Å². The Hall–Kier alpha value is -3.60. The second kappa shape index (κ2) is 8.74. The van der Waals surface area contributed by atoms with E-state index in [2.05, 4.69) is 30.0 Å². The van der Waals surface area contributed by atoms with Crippen LogP contribution >= 0.6 is 0 Å². The van der Waals surface area contributed by atoms with Crippen molar-refractivity contribution in [1.82, 2.24) is 19.9 Å².